The molecule has 1 aromatic carbocycles. The van der Waals surface area contributed by atoms with Gasteiger partial charge in [0.25, 0.3) is 0 Å². The SMILES string of the molecule is Cc1nc(CCNC(=O)Cn2nc(CC3CC3)nc2[C@H](N)Cc2ccccc2)no1.Cl. The lowest BCUT2D eigenvalue weighted by Gasteiger charge is -2.13. The summed E-state index contributed by atoms with van der Waals surface area (Å²) in [6.45, 7) is 2.24. The van der Waals surface area contributed by atoms with E-state index < -0.39 is 0 Å². The number of hydrogen-bond acceptors (Lipinski definition) is 7. The van der Waals surface area contributed by atoms with Crippen molar-refractivity contribution in [2.75, 3.05) is 6.54 Å². The predicted octanol–water partition coefficient (Wildman–Crippen LogP) is 1.95. The first-order chi connectivity index (χ1) is 14.6. The van der Waals surface area contributed by atoms with Gasteiger partial charge < -0.3 is 15.6 Å². The van der Waals surface area contributed by atoms with Crippen molar-refractivity contribution in [3.8, 4) is 0 Å². The fourth-order valence-electron chi connectivity index (χ4n) is 3.37. The number of aromatic nitrogens is 5. The highest BCUT2D eigenvalue weighted by Crippen LogP contribution is 2.32. The monoisotopic (exact) mass is 445 g/mol. The Morgan fingerprint density at radius 2 is 2.03 bits per heavy atom. The zero-order valence-electron chi connectivity index (χ0n) is 17.5. The lowest BCUT2D eigenvalue weighted by molar-refractivity contribution is -0.121. The standard InChI is InChI=1S/C21H27N7O2.ClH/c1-14-24-18(27-30-14)9-10-23-20(29)13-28-21(25-19(26-28)12-16-7-8-16)17(22)11-15-5-3-2-4-6-15;/h2-6,16-17H,7-13,22H2,1H3,(H,23,29);1H/t17-;/m1./s1. The third-order valence-corrected chi connectivity index (χ3v) is 5.08. The summed E-state index contributed by atoms with van der Waals surface area (Å²) in [6.07, 6.45) is 4.43. The number of aryl methyl sites for hydroxylation is 1. The molecule has 166 valence electrons. The zero-order chi connectivity index (χ0) is 20.9. The zero-order valence-corrected chi connectivity index (χ0v) is 18.3. The molecule has 1 fully saturated rings. The molecule has 3 N–H and O–H groups in total. The van der Waals surface area contributed by atoms with E-state index in [2.05, 4.69) is 25.5 Å². The second-order valence-corrected chi connectivity index (χ2v) is 7.82. The summed E-state index contributed by atoms with van der Waals surface area (Å²) < 4.78 is 6.59. The molecule has 2 aromatic heterocycles. The van der Waals surface area contributed by atoms with Crippen molar-refractivity contribution < 1.29 is 9.32 Å². The van der Waals surface area contributed by atoms with Gasteiger partial charge in [0.2, 0.25) is 11.8 Å². The Morgan fingerprint density at radius 1 is 1.26 bits per heavy atom. The first-order valence-electron chi connectivity index (χ1n) is 10.4. The minimum atomic E-state index is -0.331. The lowest BCUT2D eigenvalue weighted by Crippen LogP contribution is -2.31. The highest BCUT2D eigenvalue weighted by Gasteiger charge is 2.26. The van der Waals surface area contributed by atoms with Crippen molar-refractivity contribution in [1.82, 2.24) is 30.2 Å². The van der Waals surface area contributed by atoms with E-state index in [1.54, 1.807) is 11.6 Å². The van der Waals surface area contributed by atoms with Crippen LogP contribution in [0.15, 0.2) is 34.9 Å². The van der Waals surface area contributed by atoms with Crippen LogP contribution in [-0.2, 0) is 30.6 Å². The highest BCUT2D eigenvalue weighted by atomic mass is 35.5. The van der Waals surface area contributed by atoms with Crippen molar-refractivity contribution in [1.29, 1.82) is 0 Å². The molecule has 10 heteroatoms. The number of nitrogens with zero attached hydrogens (tertiary/aromatic N) is 5. The molecule has 0 spiro atoms. The van der Waals surface area contributed by atoms with Gasteiger partial charge in [0, 0.05) is 26.3 Å². The van der Waals surface area contributed by atoms with E-state index in [1.165, 1.54) is 12.8 Å². The average Bonchev–Trinajstić information content (AvgIpc) is 3.30. The molecule has 1 saturated carbocycles. The molecule has 0 unspecified atom stereocenters. The van der Waals surface area contributed by atoms with Gasteiger partial charge in [-0.15, -0.1) is 12.4 Å². The van der Waals surface area contributed by atoms with Crippen LogP contribution in [0.25, 0.3) is 0 Å². The number of rotatable bonds is 10. The second kappa shape index (κ2) is 10.5. The quantitative estimate of drug-likeness (QED) is 0.488. The summed E-state index contributed by atoms with van der Waals surface area (Å²) >= 11 is 0. The van der Waals surface area contributed by atoms with E-state index in [1.807, 2.05) is 30.3 Å². The molecule has 1 aliphatic carbocycles. The van der Waals surface area contributed by atoms with Crippen molar-refractivity contribution in [2.45, 2.75) is 51.6 Å². The molecule has 1 amide bonds. The number of hydrogen-bond donors (Lipinski definition) is 2. The molecule has 0 aliphatic heterocycles. The number of nitrogens with two attached hydrogens (primary N) is 1. The van der Waals surface area contributed by atoms with E-state index in [-0.39, 0.29) is 30.9 Å². The van der Waals surface area contributed by atoms with E-state index in [0.717, 1.165) is 17.8 Å². The Hall–Kier alpha value is -2.78. The molecule has 9 nitrogen and oxygen atoms in total. The maximum atomic E-state index is 12.5. The molecule has 2 heterocycles. The topological polar surface area (TPSA) is 125 Å². The van der Waals surface area contributed by atoms with Crippen molar-refractivity contribution in [3.05, 3.63) is 59.3 Å². The Bertz CT molecular complexity index is 985. The van der Waals surface area contributed by atoms with E-state index in [9.17, 15) is 4.79 Å². The van der Waals surface area contributed by atoms with Gasteiger partial charge in [-0.3, -0.25) is 4.79 Å². The van der Waals surface area contributed by atoms with Crippen LogP contribution in [0.2, 0.25) is 0 Å². The van der Waals surface area contributed by atoms with Crippen LogP contribution in [0.3, 0.4) is 0 Å². The van der Waals surface area contributed by atoms with Gasteiger partial charge in [0.1, 0.15) is 12.4 Å². The van der Waals surface area contributed by atoms with Crippen molar-refractivity contribution in [2.24, 2.45) is 11.7 Å². The molecule has 4 rings (SSSR count). The fourth-order valence-corrected chi connectivity index (χ4v) is 3.37. The normalized spacial score (nSPS) is 14.1. The molecule has 1 aliphatic rings. The molecule has 0 saturated heterocycles. The third kappa shape index (κ3) is 6.60. The number of nitrogens with one attached hydrogen (secondary N) is 1. The van der Waals surface area contributed by atoms with Crippen LogP contribution in [0, 0.1) is 12.8 Å². The summed E-state index contributed by atoms with van der Waals surface area (Å²) in [7, 11) is 0. The average molecular weight is 446 g/mol. The summed E-state index contributed by atoms with van der Waals surface area (Å²) in [6, 6.07) is 9.71. The molecule has 3 aromatic rings. The van der Waals surface area contributed by atoms with Crippen LogP contribution >= 0.6 is 12.4 Å². The smallest absolute Gasteiger partial charge is 0.241 e. The third-order valence-electron chi connectivity index (χ3n) is 5.08. The maximum absolute atomic E-state index is 12.5. The Kier molecular flexibility index (Phi) is 7.75. The molecular weight excluding hydrogens is 418 g/mol. The molecule has 1 atom stereocenters. The summed E-state index contributed by atoms with van der Waals surface area (Å²) in [5.74, 6) is 3.02. The minimum Gasteiger partial charge on any atom is -0.354 e. The molecule has 31 heavy (non-hydrogen) atoms. The van der Waals surface area contributed by atoms with E-state index >= 15 is 0 Å². The van der Waals surface area contributed by atoms with E-state index in [4.69, 9.17) is 10.3 Å². The van der Waals surface area contributed by atoms with Gasteiger partial charge in [-0.25, -0.2) is 9.67 Å². The summed E-state index contributed by atoms with van der Waals surface area (Å²) in [5, 5.41) is 11.3. The van der Waals surface area contributed by atoms with Gasteiger partial charge in [-0.05, 0) is 30.7 Å². The number of carbonyl (C=O) groups excluding carboxylic acids is 1. The highest BCUT2D eigenvalue weighted by molar-refractivity contribution is 5.85. The van der Waals surface area contributed by atoms with Crippen LogP contribution < -0.4 is 11.1 Å². The van der Waals surface area contributed by atoms with Crippen LogP contribution in [0.5, 0.6) is 0 Å². The Morgan fingerprint density at radius 3 is 2.71 bits per heavy atom. The van der Waals surface area contributed by atoms with Gasteiger partial charge >= 0.3 is 0 Å². The molecule has 0 radical (unpaired) electrons. The molecule has 0 bridgehead atoms. The minimum absolute atomic E-state index is 0. The van der Waals surface area contributed by atoms with Crippen LogP contribution in [0.1, 0.15) is 47.8 Å². The first-order valence-corrected chi connectivity index (χ1v) is 10.4. The van der Waals surface area contributed by atoms with Gasteiger partial charge in [-0.1, -0.05) is 35.5 Å². The predicted molar refractivity (Wildman–Crippen MR) is 117 cm³/mol. The fraction of sp³-hybridized carbons (Fsp3) is 0.476. The molecular formula is C21H28ClN7O2. The number of carbonyl (C=O) groups is 1. The number of benzene rings is 1. The van der Waals surface area contributed by atoms with Crippen LogP contribution in [0.4, 0.5) is 0 Å². The van der Waals surface area contributed by atoms with Gasteiger partial charge in [0.15, 0.2) is 11.6 Å². The number of amides is 1. The number of halogens is 1. The largest absolute Gasteiger partial charge is 0.354 e. The lowest BCUT2D eigenvalue weighted by atomic mass is 10.1. The van der Waals surface area contributed by atoms with E-state index in [0.29, 0.717) is 42.8 Å². The first kappa shape index (κ1) is 22.9. The Labute approximate surface area is 187 Å². The second-order valence-electron chi connectivity index (χ2n) is 7.82. The van der Waals surface area contributed by atoms with Gasteiger partial charge in [0.05, 0.1) is 6.04 Å². The summed E-state index contributed by atoms with van der Waals surface area (Å²) in [5.41, 5.74) is 7.59. The van der Waals surface area contributed by atoms with Crippen molar-refractivity contribution >= 4 is 18.3 Å². The Balaban J connectivity index is 0.00000272. The van der Waals surface area contributed by atoms with Crippen molar-refractivity contribution in [3.63, 3.8) is 0 Å². The maximum Gasteiger partial charge on any atom is 0.241 e. The summed E-state index contributed by atoms with van der Waals surface area (Å²) in [4.78, 5) is 21.3. The van der Waals surface area contributed by atoms with Crippen LogP contribution in [-0.4, -0.2) is 37.4 Å². The van der Waals surface area contributed by atoms with Gasteiger partial charge in [-0.2, -0.15) is 10.1 Å².